The standard InChI is InChI=1S/C11H10IN3O2/c12-8-3-1-7(2-4-8)5-10(16)13-9-6-11(17)15-14-9/h1-4,6H,5H2,(H3,13,14,15,16,17). The fourth-order valence-corrected chi connectivity index (χ4v) is 1.71. The second kappa shape index (κ2) is 5.17. The van der Waals surface area contributed by atoms with Gasteiger partial charge in [-0.3, -0.25) is 4.79 Å². The summed E-state index contributed by atoms with van der Waals surface area (Å²) in [7, 11) is 0. The van der Waals surface area contributed by atoms with E-state index in [1.54, 1.807) is 0 Å². The number of benzene rings is 1. The number of nitrogens with zero attached hydrogens (tertiary/aromatic N) is 1. The smallest absolute Gasteiger partial charge is 0.229 e. The van der Waals surface area contributed by atoms with Crippen molar-refractivity contribution in [3.8, 4) is 5.88 Å². The molecule has 1 aromatic heterocycles. The van der Waals surface area contributed by atoms with Crippen LogP contribution in [0, 0.1) is 3.57 Å². The van der Waals surface area contributed by atoms with Crippen molar-refractivity contribution in [2.75, 3.05) is 5.32 Å². The molecule has 0 radical (unpaired) electrons. The van der Waals surface area contributed by atoms with E-state index in [0.717, 1.165) is 9.13 Å². The molecule has 0 aliphatic heterocycles. The molecule has 0 aliphatic rings. The van der Waals surface area contributed by atoms with Gasteiger partial charge in [-0.25, -0.2) is 5.10 Å². The van der Waals surface area contributed by atoms with E-state index < -0.39 is 0 Å². The number of hydrogen-bond donors (Lipinski definition) is 3. The highest BCUT2D eigenvalue weighted by molar-refractivity contribution is 14.1. The number of hydrogen-bond acceptors (Lipinski definition) is 3. The Morgan fingerprint density at radius 1 is 1.41 bits per heavy atom. The molecule has 3 N–H and O–H groups in total. The second-order valence-electron chi connectivity index (χ2n) is 3.49. The molecule has 1 amide bonds. The summed E-state index contributed by atoms with van der Waals surface area (Å²) in [6.07, 6.45) is 0.282. The summed E-state index contributed by atoms with van der Waals surface area (Å²) < 4.78 is 1.13. The quantitative estimate of drug-likeness (QED) is 0.745. The Bertz CT molecular complexity index is 522. The zero-order chi connectivity index (χ0) is 12.3. The lowest BCUT2D eigenvalue weighted by atomic mass is 10.1. The van der Waals surface area contributed by atoms with E-state index in [1.807, 2.05) is 24.3 Å². The van der Waals surface area contributed by atoms with E-state index in [9.17, 15) is 4.79 Å². The van der Waals surface area contributed by atoms with Gasteiger partial charge >= 0.3 is 0 Å². The topological polar surface area (TPSA) is 78.0 Å². The Balaban J connectivity index is 1.95. The fraction of sp³-hybridized carbons (Fsp3) is 0.0909. The number of rotatable bonds is 3. The van der Waals surface area contributed by atoms with Crippen molar-refractivity contribution in [2.45, 2.75) is 6.42 Å². The van der Waals surface area contributed by atoms with Crippen LogP contribution in [-0.4, -0.2) is 21.2 Å². The Kier molecular flexibility index (Phi) is 3.62. The molecule has 0 unspecified atom stereocenters. The van der Waals surface area contributed by atoms with Gasteiger partial charge in [0.05, 0.1) is 6.42 Å². The number of halogens is 1. The first-order valence-electron chi connectivity index (χ1n) is 4.92. The van der Waals surface area contributed by atoms with E-state index in [-0.39, 0.29) is 18.2 Å². The summed E-state index contributed by atoms with van der Waals surface area (Å²) in [4.78, 5) is 11.6. The number of aromatic hydroxyl groups is 1. The molecule has 17 heavy (non-hydrogen) atoms. The van der Waals surface area contributed by atoms with Crippen molar-refractivity contribution in [1.29, 1.82) is 0 Å². The van der Waals surface area contributed by atoms with Crippen LogP contribution in [0.25, 0.3) is 0 Å². The zero-order valence-corrected chi connectivity index (χ0v) is 10.9. The van der Waals surface area contributed by atoms with E-state index in [2.05, 4.69) is 38.1 Å². The predicted molar refractivity (Wildman–Crippen MR) is 71.7 cm³/mol. The van der Waals surface area contributed by atoms with Crippen LogP contribution in [0.3, 0.4) is 0 Å². The SMILES string of the molecule is O=C(Cc1ccc(I)cc1)Nc1cc(O)[nH]n1. The predicted octanol–water partition coefficient (Wildman–Crippen LogP) is 1.90. The summed E-state index contributed by atoms with van der Waals surface area (Å²) in [6.45, 7) is 0. The van der Waals surface area contributed by atoms with Gasteiger partial charge in [0.2, 0.25) is 11.8 Å². The molecule has 1 aromatic carbocycles. The van der Waals surface area contributed by atoms with Crippen LogP contribution in [0.15, 0.2) is 30.3 Å². The highest BCUT2D eigenvalue weighted by Crippen LogP contribution is 2.11. The molecular formula is C11H10IN3O2. The van der Waals surface area contributed by atoms with Crippen molar-refractivity contribution >= 4 is 34.3 Å². The van der Waals surface area contributed by atoms with E-state index in [0.29, 0.717) is 5.82 Å². The second-order valence-corrected chi connectivity index (χ2v) is 4.74. The van der Waals surface area contributed by atoms with Gasteiger partial charge in [-0.15, -0.1) is 0 Å². The number of carbonyl (C=O) groups excluding carboxylic acids is 1. The molecule has 6 heteroatoms. The highest BCUT2D eigenvalue weighted by atomic mass is 127. The molecule has 88 valence electrons. The minimum Gasteiger partial charge on any atom is -0.494 e. The Labute approximate surface area is 111 Å². The maximum Gasteiger partial charge on any atom is 0.229 e. The minimum absolute atomic E-state index is 0.0745. The number of nitrogens with one attached hydrogen (secondary N) is 2. The van der Waals surface area contributed by atoms with Gasteiger partial charge in [0, 0.05) is 9.64 Å². The molecule has 0 saturated carbocycles. The van der Waals surface area contributed by atoms with Crippen LogP contribution in [0.5, 0.6) is 5.88 Å². The van der Waals surface area contributed by atoms with Crippen LogP contribution < -0.4 is 5.32 Å². The molecule has 0 spiro atoms. The zero-order valence-electron chi connectivity index (χ0n) is 8.77. The average Bonchev–Trinajstić information content (AvgIpc) is 2.67. The van der Waals surface area contributed by atoms with Crippen LogP contribution in [0.2, 0.25) is 0 Å². The van der Waals surface area contributed by atoms with Gasteiger partial charge < -0.3 is 10.4 Å². The molecule has 0 aliphatic carbocycles. The maximum atomic E-state index is 11.6. The highest BCUT2D eigenvalue weighted by Gasteiger charge is 2.06. The van der Waals surface area contributed by atoms with Gasteiger partial charge in [0.25, 0.3) is 0 Å². The molecule has 1 heterocycles. The van der Waals surface area contributed by atoms with E-state index in [4.69, 9.17) is 5.11 Å². The maximum absolute atomic E-state index is 11.6. The first-order valence-corrected chi connectivity index (χ1v) is 6.00. The summed E-state index contributed by atoms with van der Waals surface area (Å²) >= 11 is 2.21. The normalized spacial score (nSPS) is 10.2. The third-order valence-corrected chi connectivity index (χ3v) is 2.83. The fourth-order valence-electron chi connectivity index (χ4n) is 1.35. The van der Waals surface area contributed by atoms with Gasteiger partial charge in [-0.2, -0.15) is 5.10 Å². The molecular weight excluding hydrogens is 333 g/mol. The van der Waals surface area contributed by atoms with E-state index >= 15 is 0 Å². The van der Waals surface area contributed by atoms with Crippen molar-refractivity contribution in [2.24, 2.45) is 0 Å². The minimum atomic E-state index is -0.169. The average molecular weight is 343 g/mol. The summed E-state index contributed by atoms with van der Waals surface area (Å²) in [6, 6.07) is 9.06. The molecule has 0 bridgehead atoms. The third kappa shape index (κ3) is 3.45. The summed E-state index contributed by atoms with van der Waals surface area (Å²) in [5.41, 5.74) is 0.933. The number of amides is 1. The van der Waals surface area contributed by atoms with Crippen LogP contribution in [0.4, 0.5) is 5.82 Å². The summed E-state index contributed by atoms with van der Waals surface area (Å²) in [5.74, 6) is 0.0743. The molecule has 0 saturated heterocycles. The first kappa shape index (κ1) is 11.9. The number of aromatic nitrogens is 2. The van der Waals surface area contributed by atoms with Gasteiger partial charge in [0.15, 0.2) is 5.82 Å². The van der Waals surface area contributed by atoms with Crippen LogP contribution in [0.1, 0.15) is 5.56 Å². The molecule has 0 fully saturated rings. The molecule has 0 atom stereocenters. The Morgan fingerprint density at radius 3 is 2.71 bits per heavy atom. The third-order valence-electron chi connectivity index (χ3n) is 2.11. The van der Waals surface area contributed by atoms with Gasteiger partial charge in [0.1, 0.15) is 0 Å². The lowest BCUT2D eigenvalue weighted by Crippen LogP contribution is -2.14. The van der Waals surface area contributed by atoms with Crippen molar-refractivity contribution in [3.05, 3.63) is 39.5 Å². The Morgan fingerprint density at radius 2 is 2.12 bits per heavy atom. The van der Waals surface area contributed by atoms with Crippen LogP contribution >= 0.6 is 22.6 Å². The monoisotopic (exact) mass is 343 g/mol. The number of H-pyrrole nitrogens is 1. The molecule has 5 nitrogen and oxygen atoms in total. The summed E-state index contributed by atoms with van der Waals surface area (Å²) in [5, 5.41) is 17.6. The number of anilines is 1. The Hall–Kier alpha value is -1.57. The first-order chi connectivity index (χ1) is 8.13. The van der Waals surface area contributed by atoms with Gasteiger partial charge in [-0.05, 0) is 40.3 Å². The number of carbonyl (C=O) groups is 1. The molecule has 2 aromatic rings. The lowest BCUT2D eigenvalue weighted by molar-refractivity contribution is -0.115. The van der Waals surface area contributed by atoms with Gasteiger partial charge in [-0.1, -0.05) is 12.1 Å². The van der Waals surface area contributed by atoms with E-state index in [1.165, 1.54) is 6.07 Å². The van der Waals surface area contributed by atoms with Crippen molar-refractivity contribution < 1.29 is 9.90 Å². The van der Waals surface area contributed by atoms with Crippen LogP contribution in [-0.2, 0) is 11.2 Å². The van der Waals surface area contributed by atoms with Crippen molar-refractivity contribution in [3.63, 3.8) is 0 Å². The van der Waals surface area contributed by atoms with Crippen molar-refractivity contribution in [1.82, 2.24) is 10.2 Å². The lowest BCUT2D eigenvalue weighted by Gasteiger charge is -2.02. The number of aromatic amines is 1. The molecule has 2 rings (SSSR count). The largest absolute Gasteiger partial charge is 0.494 e.